The summed E-state index contributed by atoms with van der Waals surface area (Å²) in [5.74, 6) is 2.03. The zero-order valence-corrected chi connectivity index (χ0v) is 7.54. The molecule has 1 heterocycles. The van der Waals surface area contributed by atoms with Gasteiger partial charge < -0.3 is 14.4 Å². The van der Waals surface area contributed by atoms with E-state index in [1.54, 1.807) is 0 Å². The van der Waals surface area contributed by atoms with E-state index in [2.05, 4.69) is 5.92 Å². The van der Waals surface area contributed by atoms with Gasteiger partial charge in [-0.05, 0) is 0 Å². The third-order valence-corrected chi connectivity index (χ3v) is 1.91. The molecule has 0 amide bonds. The van der Waals surface area contributed by atoms with E-state index in [1.807, 2.05) is 0 Å². The molecule has 4 heteroatoms. The fraction of sp³-hybridized carbons (Fsp3) is 0.667. The fourth-order valence-corrected chi connectivity index (χ4v) is 1.21. The minimum Gasteiger partial charge on any atom is -0.448 e. The topological polar surface area (TPSA) is 40.0 Å². The molecule has 0 radical (unpaired) electrons. The number of carbonyl (C=O) groups excluding carboxylic acids is 1. The monoisotopic (exact) mass is 184 g/mol. The molecule has 0 atom stereocenters. The molecule has 1 N–H and O–H groups in total. The fourth-order valence-electron chi connectivity index (χ4n) is 1.21. The van der Waals surface area contributed by atoms with Gasteiger partial charge in [0.2, 0.25) is 0 Å². The van der Waals surface area contributed by atoms with Crippen molar-refractivity contribution in [1.82, 2.24) is 0 Å². The van der Waals surface area contributed by atoms with Crippen LogP contribution in [-0.2, 0) is 14.3 Å². The van der Waals surface area contributed by atoms with Crippen molar-refractivity contribution in [2.75, 3.05) is 39.5 Å². The van der Waals surface area contributed by atoms with Crippen molar-refractivity contribution in [3.05, 3.63) is 0 Å². The van der Waals surface area contributed by atoms with E-state index < -0.39 is 0 Å². The molecule has 0 aromatic rings. The zero-order valence-electron chi connectivity index (χ0n) is 7.54. The zero-order chi connectivity index (χ0) is 9.52. The maximum atomic E-state index is 11.1. The van der Waals surface area contributed by atoms with Crippen LogP contribution in [0.3, 0.4) is 0 Å². The summed E-state index contributed by atoms with van der Waals surface area (Å²) < 4.78 is 9.91. The molecule has 0 spiro atoms. The second kappa shape index (κ2) is 5.57. The molecule has 0 unspecified atom stereocenters. The Kier molecular flexibility index (Phi) is 4.30. The Hall–Kier alpha value is -1.05. The molecule has 72 valence electrons. The number of hydrogen-bond acceptors (Lipinski definition) is 3. The number of esters is 1. The predicted molar refractivity (Wildman–Crippen MR) is 46.2 cm³/mol. The summed E-state index contributed by atoms with van der Waals surface area (Å²) in [6.45, 7) is 3.64. The van der Waals surface area contributed by atoms with E-state index >= 15 is 0 Å². The van der Waals surface area contributed by atoms with Crippen LogP contribution in [0.4, 0.5) is 0 Å². The van der Waals surface area contributed by atoms with Crippen molar-refractivity contribution in [1.29, 1.82) is 0 Å². The quantitative estimate of drug-likeness (QED) is 0.410. The number of ether oxygens (including phenoxy) is 2. The van der Waals surface area contributed by atoms with Crippen molar-refractivity contribution in [3.63, 3.8) is 0 Å². The molecule has 0 bridgehead atoms. The van der Waals surface area contributed by atoms with Gasteiger partial charge in [-0.3, -0.25) is 0 Å². The van der Waals surface area contributed by atoms with Crippen LogP contribution in [0.25, 0.3) is 0 Å². The first-order chi connectivity index (χ1) is 6.33. The SMILES string of the molecule is C#CCOC(=O)C[NH+]1CCOCC1. The van der Waals surface area contributed by atoms with Gasteiger partial charge >= 0.3 is 5.97 Å². The molecule has 0 aromatic carbocycles. The lowest BCUT2D eigenvalue weighted by Gasteiger charge is -2.22. The van der Waals surface area contributed by atoms with Crippen LogP contribution in [0, 0.1) is 12.3 Å². The molecule has 0 aliphatic carbocycles. The molecular formula is C9H14NO3+. The number of nitrogens with one attached hydrogen (secondary N) is 1. The molecule has 1 fully saturated rings. The van der Waals surface area contributed by atoms with Crippen LogP contribution in [-0.4, -0.2) is 45.4 Å². The number of carbonyl (C=O) groups is 1. The van der Waals surface area contributed by atoms with Crippen LogP contribution in [0.5, 0.6) is 0 Å². The van der Waals surface area contributed by atoms with Gasteiger partial charge in [0.25, 0.3) is 0 Å². The van der Waals surface area contributed by atoms with E-state index in [4.69, 9.17) is 15.9 Å². The lowest BCUT2D eigenvalue weighted by molar-refractivity contribution is -0.900. The van der Waals surface area contributed by atoms with Crippen molar-refractivity contribution < 1.29 is 19.2 Å². The van der Waals surface area contributed by atoms with E-state index in [0.29, 0.717) is 6.54 Å². The smallest absolute Gasteiger partial charge is 0.362 e. The lowest BCUT2D eigenvalue weighted by Crippen LogP contribution is -3.15. The average molecular weight is 184 g/mol. The Bertz CT molecular complexity index is 203. The second-order valence-corrected chi connectivity index (χ2v) is 2.90. The minimum atomic E-state index is -0.227. The summed E-state index contributed by atoms with van der Waals surface area (Å²) in [7, 11) is 0. The van der Waals surface area contributed by atoms with E-state index in [0.717, 1.165) is 26.3 Å². The summed E-state index contributed by atoms with van der Waals surface area (Å²) in [4.78, 5) is 12.3. The summed E-state index contributed by atoms with van der Waals surface area (Å²) in [5, 5.41) is 0. The van der Waals surface area contributed by atoms with Crippen LogP contribution in [0.1, 0.15) is 0 Å². The highest BCUT2D eigenvalue weighted by molar-refractivity contribution is 5.70. The van der Waals surface area contributed by atoms with E-state index in [1.165, 1.54) is 4.90 Å². The third-order valence-electron chi connectivity index (χ3n) is 1.91. The van der Waals surface area contributed by atoms with Crippen molar-refractivity contribution in [2.45, 2.75) is 0 Å². The number of hydrogen-bond donors (Lipinski definition) is 1. The second-order valence-electron chi connectivity index (χ2n) is 2.90. The van der Waals surface area contributed by atoms with Gasteiger partial charge in [0, 0.05) is 0 Å². The highest BCUT2D eigenvalue weighted by Gasteiger charge is 2.17. The molecular weight excluding hydrogens is 170 g/mol. The van der Waals surface area contributed by atoms with Gasteiger partial charge in [0.1, 0.15) is 13.1 Å². The molecule has 0 saturated carbocycles. The van der Waals surface area contributed by atoms with Crippen molar-refractivity contribution in [2.24, 2.45) is 0 Å². The number of terminal acetylenes is 1. The van der Waals surface area contributed by atoms with Crippen LogP contribution >= 0.6 is 0 Å². The summed E-state index contributed by atoms with van der Waals surface area (Å²) in [6.07, 6.45) is 4.96. The Morgan fingerprint density at radius 2 is 2.23 bits per heavy atom. The summed E-state index contributed by atoms with van der Waals surface area (Å²) in [6, 6.07) is 0. The van der Waals surface area contributed by atoms with Crippen molar-refractivity contribution >= 4 is 5.97 Å². The van der Waals surface area contributed by atoms with Crippen LogP contribution in [0.15, 0.2) is 0 Å². The van der Waals surface area contributed by atoms with Gasteiger partial charge in [-0.1, -0.05) is 5.92 Å². The molecule has 1 aliphatic rings. The first-order valence-electron chi connectivity index (χ1n) is 4.33. The first-order valence-corrected chi connectivity index (χ1v) is 4.33. The maximum Gasteiger partial charge on any atom is 0.362 e. The minimum absolute atomic E-state index is 0.0720. The standard InChI is InChI=1S/C9H13NO3/c1-2-5-13-9(11)8-10-3-6-12-7-4-10/h1H,3-8H2/p+1. The highest BCUT2D eigenvalue weighted by Crippen LogP contribution is 1.77. The number of rotatable bonds is 3. The third kappa shape index (κ3) is 3.92. The van der Waals surface area contributed by atoms with Gasteiger partial charge in [-0.15, -0.1) is 6.42 Å². The van der Waals surface area contributed by atoms with Crippen LogP contribution < -0.4 is 4.90 Å². The predicted octanol–water partition coefficient (Wildman–Crippen LogP) is -1.92. The molecule has 13 heavy (non-hydrogen) atoms. The Morgan fingerprint density at radius 3 is 2.85 bits per heavy atom. The molecule has 0 aromatic heterocycles. The van der Waals surface area contributed by atoms with E-state index in [9.17, 15) is 4.79 Å². The Labute approximate surface area is 77.8 Å². The molecule has 1 saturated heterocycles. The molecule has 4 nitrogen and oxygen atoms in total. The lowest BCUT2D eigenvalue weighted by atomic mass is 10.4. The maximum absolute atomic E-state index is 11.1. The Balaban J connectivity index is 2.15. The molecule has 1 rings (SSSR count). The summed E-state index contributed by atoms with van der Waals surface area (Å²) in [5.41, 5.74) is 0. The van der Waals surface area contributed by atoms with E-state index in [-0.39, 0.29) is 12.6 Å². The van der Waals surface area contributed by atoms with Gasteiger partial charge in [0.05, 0.1) is 13.2 Å². The summed E-state index contributed by atoms with van der Waals surface area (Å²) >= 11 is 0. The van der Waals surface area contributed by atoms with Crippen molar-refractivity contribution in [3.8, 4) is 12.3 Å². The highest BCUT2D eigenvalue weighted by atomic mass is 16.5. The first kappa shape index (κ1) is 10.0. The normalized spacial score (nSPS) is 17.8. The average Bonchev–Trinajstić information content (AvgIpc) is 2.16. The number of morpholine rings is 1. The van der Waals surface area contributed by atoms with Gasteiger partial charge in [0.15, 0.2) is 13.2 Å². The van der Waals surface area contributed by atoms with Crippen LogP contribution in [0.2, 0.25) is 0 Å². The largest absolute Gasteiger partial charge is 0.448 e. The van der Waals surface area contributed by atoms with Gasteiger partial charge in [-0.2, -0.15) is 0 Å². The number of quaternary nitrogens is 1. The Morgan fingerprint density at radius 1 is 1.54 bits per heavy atom. The molecule has 1 aliphatic heterocycles. The van der Waals surface area contributed by atoms with Gasteiger partial charge in [-0.25, -0.2) is 4.79 Å².